The average molecular weight is 537 g/mol. The lowest BCUT2D eigenvalue weighted by molar-refractivity contribution is -0.138. The van der Waals surface area contributed by atoms with E-state index in [9.17, 15) is 18.0 Å². The third-order valence-electron chi connectivity index (χ3n) is 7.86. The molecule has 2 aliphatic heterocycles. The van der Waals surface area contributed by atoms with E-state index in [1.54, 1.807) is 25.6 Å². The number of fused-ring (bicyclic) bond motifs is 2. The number of nitrogens with two attached hydrogens (primary N) is 1. The maximum absolute atomic E-state index is 13.7. The van der Waals surface area contributed by atoms with Crippen molar-refractivity contribution in [3.8, 4) is 0 Å². The number of rotatable bonds is 7. The van der Waals surface area contributed by atoms with E-state index in [0.717, 1.165) is 24.1 Å². The second-order valence-corrected chi connectivity index (χ2v) is 14.5. The van der Waals surface area contributed by atoms with Crippen molar-refractivity contribution in [3.63, 3.8) is 0 Å². The highest BCUT2D eigenvalue weighted by molar-refractivity contribution is 8.00. The Morgan fingerprint density at radius 1 is 1.17 bits per heavy atom. The van der Waals surface area contributed by atoms with Crippen LogP contribution < -0.4 is 15.4 Å². The first-order chi connectivity index (χ1) is 16.9. The van der Waals surface area contributed by atoms with Gasteiger partial charge in [0, 0.05) is 36.1 Å². The molecule has 1 unspecified atom stereocenters. The second-order valence-electron chi connectivity index (χ2n) is 11.2. The van der Waals surface area contributed by atoms with E-state index >= 15 is 0 Å². The number of piperidine rings is 1. The molecule has 1 aromatic carbocycles. The van der Waals surface area contributed by atoms with Crippen LogP contribution in [0.2, 0.25) is 0 Å². The Morgan fingerprint density at radius 2 is 1.81 bits per heavy atom. The van der Waals surface area contributed by atoms with Gasteiger partial charge in [-0.05, 0) is 51.2 Å². The van der Waals surface area contributed by atoms with E-state index in [-0.39, 0.29) is 17.2 Å². The van der Waals surface area contributed by atoms with Gasteiger partial charge in [0.1, 0.15) is 6.04 Å². The van der Waals surface area contributed by atoms with Crippen LogP contribution in [0.3, 0.4) is 0 Å². The van der Waals surface area contributed by atoms with Crippen LogP contribution in [0.1, 0.15) is 64.4 Å². The van der Waals surface area contributed by atoms with Gasteiger partial charge >= 0.3 is 0 Å². The lowest BCUT2D eigenvalue weighted by Gasteiger charge is -2.41. The monoisotopic (exact) mass is 536 g/mol. The number of anilines is 1. The number of hydrogen-bond acceptors (Lipinski definition) is 6. The molecular weight excluding hydrogens is 496 g/mol. The number of amides is 2. The van der Waals surface area contributed by atoms with Gasteiger partial charge in [-0.3, -0.25) is 13.9 Å². The summed E-state index contributed by atoms with van der Waals surface area (Å²) in [6.45, 7) is 4.75. The van der Waals surface area contributed by atoms with Gasteiger partial charge in [-0.2, -0.15) is 11.8 Å². The van der Waals surface area contributed by atoms with Crippen molar-refractivity contribution < 1.29 is 18.0 Å². The Morgan fingerprint density at radius 3 is 2.42 bits per heavy atom. The minimum Gasteiger partial charge on any atom is -0.342 e. The van der Waals surface area contributed by atoms with E-state index in [2.05, 4.69) is 5.32 Å². The fourth-order valence-electron chi connectivity index (χ4n) is 5.67. The van der Waals surface area contributed by atoms with E-state index in [1.807, 2.05) is 29.2 Å². The van der Waals surface area contributed by atoms with Crippen molar-refractivity contribution in [1.82, 2.24) is 10.2 Å². The molecule has 1 saturated carbocycles. The Kier molecular flexibility index (Phi) is 7.98. The third-order valence-corrected chi connectivity index (χ3v) is 10.5. The molecule has 10 heteroatoms. The summed E-state index contributed by atoms with van der Waals surface area (Å²) >= 11 is 1.79. The van der Waals surface area contributed by atoms with Crippen LogP contribution in [0.5, 0.6) is 0 Å². The molecule has 1 atom stereocenters. The van der Waals surface area contributed by atoms with E-state index in [1.165, 1.54) is 29.8 Å². The Labute approximate surface area is 219 Å². The molecule has 200 valence electrons. The summed E-state index contributed by atoms with van der Waals surface area (Å²) in [6.07, 6.45) is 8.64. The molecule has 4 rings (SSSR count). The molecule has 1 saturated heterocycles. The fraction of sp³-hybridized carbons (Fsp3) is 0.692. The molecule has 1 aromatic rings. The van der Waals surface area contributed by atoms with Crippen LogP contribution in [0.4, 0.5) is 5.69 Å². The number of hydrogen-bond donors (Lipinski definition) is 2. The van der Waals surface area contributed by atoms with Gasteiger partial charge in [0.2, 0.25) is 21.8 Å². The molecule has 3 N–H and O–H groups in total. The smallest absolute Gasteiger partial charge is 0.246 e. The molecule has 1 spiro atoms. The Balaban J connectivity index is 1.46. The summed E-state index contributed by atoms with van der Waals surface area (Å²) in [4.78, 5) is 28.2. The Bertz CT molecular complexity index is 1070. The fourth-order valence-corrected chi connectivity index (χ4v) is 8.02. The number of nitrogens with one attached hydrogen (secondary N) is 1. The molecule has 2 fully saturated rings. The van der Waals surface area contributed by atoms with Crippen molar-refractivity contribution in [2.24, 2.45) is 5.73 Å². The van der Waals surface area contributed by atoms with Crippen LogP contribution in [0, 0.1) is 0 Å². The molecule has 2 amide bonds. The minimum absolute atomic E-state index is 0.0722. The zero-order valence-corrected chi connectivity index (χ0v) is 23.3. The lowest BCUT2D eigenvalue weighted by atomic mass is 9.74. The van der Waals surface area contributed by atoms with E-state index in [4.69, 9.17) is 5.73 Å². The summed E-state index contributed by atoms with van der Waals surface area (Å²) in [7, 11) is -3.39. The second kappa shape index (κ2) is 10.5. The highest BCUT2D eigenvalue weighted by Gasteiger charge is 2.48. The number of para-hydroxylation sites is 1. The molecular formula is C26H40N4O4S2. The number of carbonyl (C=O) groups is 2. The van der Waals surface area contributed by atoms with Gasteiger partial charge in [0.25, 0.3) is 0 Å². The molecule has 3 aliphatic rings. The van der Waals surface area contributed by atoms with Crippen LogP contribution in [0.15, 0.2) is 24.3 Å². The molecule has 36 heavy (non-hydrogen) atoms. The van der Waals surface area contributed by atoms with Gasteiger partial charge in [0.05, 0.1) is 17.5 Å². The topological polar surface area (TPSA) is 113 Å². The average Bonchev–Trinajstić information content (AvgIpc) is 3.16. The first kappa shape index (κ1) is 27.3. The van der Waals surface area contributed by atoms with Crippen molar-refractivity contribution in [3.05, 3.63) is 29.8 Å². The summed E-state index contributed by atoms with van der Waals surface area (Å²) in [5.74, 6) is 0.140. The van der Waals surface area contributed by atoms with Crippen LogP contribution in [-0.4, -0.2) is 73.6 Å². The minimum atomic E-state index is -3.39. The maximum Gasteiger partial charge on any atom is 0.246 e. The molecule has 0 radical (unpaired) electrons. The number of carbonyl (C=O) groups excluding carboxylic acids is 2. The summed E-state index contributed by atoms with van der Waals surface area (Å²) < 4.78 is 26.5. The zero-order valence-electron chi connectivity index (χ0n) is 21.7. The van der Waals surface area contributed by atoms with E-state index < -0.39 is 21.6 Å². The largest absolute Gasteiger partial charge is 0.342 e. The number of nitrogens with zero attached hydrogens (tertiary/aromatic N) is 2. The molecule has 1 aliphatic carbocycles. The predicted octanol–water partition coefficient (Wildman–Crippen LogP) is 2.61. The predicted molar refractivity (Wildman–Crippen MR) is 146 cm³/mol. The molecule has 8 nitrogen and oxygen atoms in total. The van der Waals surface area contributed by atoms with Gasteiger partial charge < -0.3 is 16.0 Å². The van der Waals surface area contributed by atoms with Gasteiger partial charge in [0.15, 0.2) is 0 Å². The van der Waals surface area contributed by atoms with Crippen molar-refractivity contribution in [2.75, 3.05) is 35.9 Å². The van der Waals surface area contributed by atoms with Crippen LogP contribution in [0.25, 0.3) is 0 Å². The maximum atomic E-state index is 13.7. The van der Waals surface area contributed by atoms with Crippen LogP contribution in [-0.2, 0) is 25.0 Å². The number of likely N-dealkylation sites (tertiary alicyclic amines) is 1. The number of sulfonamides is 1. The van der Waals surface area contributed by atoms with Crippen molar-refractivity contribution in [1.29, 1.82) is 0 Å². The molecule has 0 aromatic heterocycles. The summed E-state index contributed by atoms with van der Waals surface area (Å²) in [6, 6.07) is 7.08. The van der Waals surface area contributed by atoms with Crippen molar-refractivity contribution in [2.45, 2.75) is 81.0 Å². The van der Waals surface area contributed by atoms with Gasteiger partial charge in [-0.15, -0.1) is 0 Å². The van der Waals surface area contributed by atoms with Gasteiger partial charge in [-0.25, -0.2) is 8.42 Å². The SMILES string of the molecule is CC(C)(N)C(=O)NC(CSC1CCCCC1)C(=O)N1CCC2(CC1)CN(S(C)(=O)=O)c1ccccc12. The highest BCUT2D eigenvalue weighted by Crippen LogP contribution is 2.47. The highest BCUT2D eigenvalue weighted by atomic mass is 32.2. The summed E-state index contributed by atoms with van der Waals surface area (Å²) in [5.41, 5.74) is 6.45. The third kappa shape index (κ3) is 5.86. The quantitative estimate of drug-likeness (QED) is 0.554. The van der Waals surface area contributed by atoms with Crippen LogP contribution >= 0.6 is 11.8 Å². The summed E-state index contributed by atoms with van der Waals surface area (Å²) in [5, 5.41) is 3.46. The molecule has 0 bridgehead atoms. The first-order valence-corrected chi connectivity index (χ1v) is 15.9. The lowest BCUT2D eigenvalue weighted by Crippen LogP contribution is -2.58. The first-order valence-electron chi connectivity index (χ1n) is 13.0. The zero-order chi connectivity index (χ0) is 26.1. The standard InChI is InChI=1S/C26H40N4O4S2/c1-25(2,27)24(32)28-21(17-35-19-9-5-4-6-10-19)23(31)29-15-13-26(14-16-29)18-30(36(3,33)34)22-12-8-7-11-20(22)26/h7-8,11-12,19,21H,4-6,9-10,13-18,27H2,1-3H3,(H,28,32). The number of benzene rings is 1. The van der Waals surface area contributed by atoms with Crippen molar-refractivity contribution >= 4 is 39.3 Å². The molecule has 2 heterocycles. The van der Waals surface area contributed by atoms with E-state index in [0.29, 0.717) is 43.5 Å². The van der Waals surface area contributed by atoms with Gasteiger partial charge in [-0.1, -0.05) is 37.5 Å². The number of thioether (sulfide) groups is 1. The normalized spacial score (nSPS) is 21.3. The Hall–Kier alpha value is -1.78.